The van der Waals surface area contributed by atoms with Crippen molar-refractivity contribution in [2.45, 2.75) is 59.4 Å². The van der Waals surface area contributed by atoms with Gasteiger partial charge in [-0.25, -0.2) is 0 Å². The van der Waals surface area contributed by atoms with Crippen LogP contribution in [0.5, 0.6) is 0 Å². The maximum Gasteiger partial charge on any atom is 0.240 e. The van der Waals surface area contributed by atoms with E-state index in [1.807, 2.05) is 46.6 Å². The predicted octanol–water partition coefficient (Wildman–Crippen LogP) is 2.62. The highest BCUT2D eigenvalue weighted by molar-refractivity contribution is 14.0. The van der Waals surface area contributed by atoms with Crippen molar-refractivity contribution in [3.8, 4) is 0 Å². The second-order valence-corrected chi connectivity index (χ2v) is 7.77. The molecule has 0 heterocycles. The topological polar surface area (TPSA) is 66.0 Å². The molecule has 1 fully saturated rings. The number of halogens is 1. The average Bonchev–Trinajstić information content (AvgIpc) is 3.22. The molecule has 2 N–H and O–H groups in total. The SMILES string of the molecule is CCNC(=NCC1(CCOCC)CC1)N(C)CC(=O)NC(C)(C)C.I. The van der Waals surface area contributed by atoms with E-state index in [9.17, 15) is 4.79 Å². The molecule has 0 saturated heterocycles. The van der Waals surface area contributed by atoms with E-state index >= 15 is 0 Å². The first kappa shape index (κ1) is 24.4. The van der Waals surface area contributed by atoms with Gasteiger partial charge in [0.15, 0.2) is 5.96 Å². The molecule has 1 amide bonds. The predicted molar refractivity (Wildman–Crippen MR) is 115 cm³/mol. The Balaban J connectivity index is 0.00000576. The first-order valence-corrected chi connectivity index (χ1v) is 9.09. The van der Waals surface area contributed by atoms with Crippen molar-refractivity contribution in [1.29, 1.82) is 0 Å². The third-order valence-corrected chi connectivity index (χ3v) is 4.09. The molecule has 1 aliphatic rings. The van der Waals surface area contributed by atoms with Gasteiger partial charge in [0.2, 0.25) is 5.91 Å². The van der Waals surface area contributed by atoms with Crippen molar-refractivity contribution in [3.05, 3.63) is 0 Å². The van der Waals surface area contributed by atoms with Crippen molar-refractivity contribution in [3.63, 3.8) is 0 Å². The van der Waals surface area contributed by atoms with Gasteiger partial charge in [0, 0.05) is 38.9 Å². The lowest BCUT2D eigenvalue weighted by atomic mass is 10.0. The Morgan fingerprint density at radius 3 is 2.40 bits per heavy atom. The van der Waals surface area contributed by atoms with E-state index in [0.717, 1.165) is 38.7 Å². The van der Waals surface area contributed by atoms with Gasteiger partial charge in [0.25, 0.3) is 0 Å². The van der Waals surface area contributed by atoms with Crippen molar-refractivity contribution in [2.75, 3.05) is 39.9 Å². The molecular weight excluding hydrogens is 431 g/mol. The standard InChI is InChI=1S/C18H36N4O2.HI/c1-7-19-16(22(6)13-15(23)21-17(3,4)5)20-14-18(9-10-18)11-12-24-8-2;/h7-14H2,1-6H3,(H,19,20)(H,21,23);1H. The van der Waals surface area contributed by atoms with Crippen LogP contribution in [0.15, 0.2) is 4.99 Å². The van der Waals surface area contributed by atoms with Crippen LogP contribution in [0.2, 0.25) is 0 Å². The maximum absolute atomic E-state index is 12.1. The van der Waals surface area contributed by atoms with Crippen LogP contribution in [0.4, 0.5) is 0 Å². The van der Waals surface area contributed by atoms with Gasteiger partial charge in [-0.3, -0.25) is 9.79 Å². The Morgan fingerprint density at radius 2 is 1.92 bits per heavy atom. The zero-order chi connectivity index (χ0) is 18.2. The summed E-state index contributed by atoms with van der Waals surface area (Å²) in [6, 6.07) is 0. The number of carbonyl (C=O) groups is 1. The molecule has 1 aliphatic carbocycles. The van der Waals surface area contributed by atoms with E-state index in [2.05, 4.69) is 10.6 Å². The number of hydrogen-bond donors (Lipinski definition) is 2. The molecule has 1 rings (SSSR count). The highest BCUT2D eigenvalue weighted by Gasteiger charge is 2.42. The number of nitrogens with zero attached hydrogens (tertiary/aromatic N) is 2. The number of ether oxygens (including phenoxy) is 1. The van der Waals surface area contributed by atoms with Crippen LogP contribution in [-0.2, 0) is 9.53 Å². The van der Waals surface area contributed by atoms with Gasteiger partial charge < -0.3 is 20.3 Å². The molecule has 0 atom stereocenters. The Morgan fingerprint density at radius 1 is 1.28 bits per heavy atom. The van der Waals surface area contributed by atoms with Crippen molar-refractivity contribution < 1.29 is 9.53 Å². The molecule has 0 unspecified atom stereocenters. The molecule has 6 nitrogen and oxygen atoms in total. The lowest BCUT2D eigenvalue weighted by Crippen LogP contribution is -2.48. The van der Waals surface area contributed by atoms with E-state index in [1.54, 1.807) is 0 Å². The van der Waals surface area contributed by atoms with Crippen molar-refractivity contribution in [2.24, 2.45) is 10.4 Å². The first-order valence-electron chi connectivity index (χ1n) is 9.09. The maximum atomic E-state index is 12.1. The van der Waals surface area contributed by atoms with E-state index < -0.39 is 0 Å². The van der Waals surface area contributed by atoms with Gasteiger partial charge in [-0.15, -0.1) is 24.0 Å². The Hall–Kier alpha value is -0.570. The average molecular weight is 468 g/mol. The summed E-state index contributed by atoms with van der Waals surface area (Å²) in [5.41, 5.74) is 0.0924. The fourth-order valence-electron chi connectivity index (χ4n) is 2.56. The highest BCUT2D eigenvalue weighted by atomic mass is 127. The summed E-state index contributed by atoms with van der Waals surface area (Å²) >= 11 is 0. The van der Waals surface area contributed by atoms with Gasteiger partial charge >= 0.3 is 0 Å². The second kappa shape index (κ2) is 11.2. The van der Waals surface area contributed by atoms with Gasteiger partial charge in [-0.1, -0.05) is 0 Å². The summed E-state index contributed by atoms with van der Waals surface area (Å²) in [5, 5.41) is 6.27. The molecule has 148 valence electrons. The zero-order valence-corrected chi connectivity index (χ0v) is 19.1. The Bertz CT molecular complexity index is 431. The van der Waals surface area contributed by atoms with Crippen LogP contribution in [0.3, 0.4) is 0 Å². The molecule has 7 heteroatoms. The van der Waals surface area contributed by atoms with Crippen LogP contribution in [0.1, 0.15) is 53.9 Å². The molecule has 0 aromatic rings. The highest BCUT2D eigenvalue weighted by Crippen LogP contribution is 2.49. The van der Waals surface area contributed by atoms with Crippen LogP contribution >= 0.6 is 24.0 Å². The molecular formula is C18H37IN4O2. The van der Waals surface area contributed by atoms with E-state index in [0.29, 0.717) is 12.0 Å². The lowest BCUT2D eigenvalue weighted by Gasteiger charge is -2.26. The summed E-state index contributed by atoms with van der Waals surface area (Å²) in [4.78, 5) is 18.8. The zero-order valence-electron chi connectivity index (χ0n) is 16.8. The van der Waals surface area contributed by atoms with Gasteiger partial charge in [-0.2, -0.15) is 0 Å². The van der Waals surface area contributed by atoms with E-state index in [-0.39, 0.29) is 35.4 Å². The van der Waals surface area contributed by atoms with E-state index in [1.165, 1.54) is 12.8 Å². The first-order chi connectivity index (χ1) is 11.2. The number of carbonyl (C=O) groups excluding carboxylic acids is 1. The Kier molecular flexibility index (Phi) is 11.0. The number of likely N-dealkylation sites (N-methyl/N-ethyl adjacent to an activating group) is 1. The van der Waals surface area contributed by atoms with Crippen LogP contribution in [-0.4, -0.2) is 62.2 Å². The van der Waals surface area contributed by atoms with E-state index in [4.69, 9.17) is 9.73 Å². The van der Waals surface area contributed by atoms with Crippen LogP contribution in [0, 0.1) is 5.41 Å². The third kappa shape index (κ3) is 10.2. The summed E-state index contributed by atoms with van der Waals surface area (Å²) in [6.07, 6.45) is 3.51. The molecule has 0 bridgehead atoms. The second-order valence-electron chi connectivity index (χ2n) is 7.77. The minimum Gasteiger partial charge on any atom is -0.382 e. The number of hydrogen-bond acceptors (Lipinski definition) is 3. The number of nitrogens with one attached hydrogen (secondary N) is 2. The quantitative estimate of drug-likeness (QED) is 0.236. The number of rotatable bonds is 9. The third-order valence-electron chi connectivity index (χ3n) is 4.09. The van der Waals surface area contributed by atoms with Crippen LogP contribution < -0.4 is 10.6 Å². The monoisotopic (exact) mass is 468 g/mol. The summed E-state index contributed by atoms with van der Waals surface area (Å²) < 4.78 is 5.48. The normalized spacial score (nSPS) is 16.0. The fraction of sp³-hybridized carbons (Fsp3) is 0.889. The molecule has 0 spiro atoms. The molecule has 1 saturated carbocycles. The largest absolute Gasteiger partial charge is 0.382 e. The summed E-state index contributed by atoms with van der Waals surface area (Å²) in [7, 11) is 1.91. The van der Waals surface area contributed by atoms with Crippen LogP contribution in [0.25, 0.3) is 0 Å². The molecule has 0 aliphatic heterocycles. The smallest absolute Gasteiger partial charge is 0.240 e. The van der Waals surface area contributed by atoms with Crippen molar-refractivity contribution in [1.82, 2.24) is 15.5 Å². The van der Waals surface area contributed by atoms with Gasteiger partial charge in [0.1, 0.15) is 0 Å². The molecule has 0 aromatic carbocycles. The Labute approximate surface area is 170 Å². The van der Waals surface area contributed by atoms with Crippen molar-refractivity contribution >= 4 is 35.8 Å². The number of aliphatic imine (C=N–C) groups is 1. The lowest BCUT2D eigenvalue weighted by molar-refractivity contribution is -0.122. The molecule has 0 radical (unpaired) electrons. The van der Waals surface area contributed by atoms with Gasteiger partial charge in [0.05, 0.1) is 6.54 Å². The molecule has 0 aromatic heterocycles. The number of guanidine groups is 1. The summed E-state index contributed by atoms with van der Waals surface area (Å²) in [6.45, 7) is 13.5. The minimum atomic E-state index is -0.217. The molecule has 25 heavy (non-hydrogen) atoms. The fourth-order valence-corrected chi connectivity index (χ4v) is 2.56. The number of amides is 1. The van der Waals surface area contributed by atoms with Gasteiger partial charge in [-0.05, 0) is 59.3 Å². The summed E-state index contributed by atoms with van der Waals surface area (Å²) in [5.74, 6) is 0.803. The minimum absolute atomic E-state index is 0.